The van der Waals surface area contributed by atoms with E-state index in [1.807, 2.05) is 20.8 Å². The molecule has 0 saturated carbocycles. The maximum atomic E-state index is 11.3. The second kappa shape index (κ2) is 3.81. The molecule has 1 rings (SSSR count). The van der Waals surface area contributed by atoms with Gasteiger partial charge in [0.1, 0.15) is 6.10 Å². The molecule has 0 radical (unpaired) electrons. The number of amides is 1. The minimum absolute atomic E-state index is 0.0973. The van der Waals surface area contributed by atoms with Gasteiger partial charge in [-0.15, -0.1) is 0 Å². The molecule has 2 unspecified atom stereocenters. The minimum atomic E-state index is -1.20. The zero-order chi connectivity index (χ0) is 11.8. The highest BCUT2D eigenvalue weighted by Crippen LogP contribution is 2.30. The van der Waals surface area contributed by atoms with Gasteiger partial charge in [0.15, 0.2) is 5.78 Å². The molecule has 0 spiro atoms. The third-order valence-corrected chi connectivity index (χ3v) is 2.70. The molecule has 15 heavy (non-hydrogen) atoms. The summed E-state index contributed by atoms with van der Waals surface area (Å²) in [5, 5.41) is 18.7. The first-order valence-corrected chi connectivity index (χ1v) is 4.95. The van der Waals surface area contributed by atoms with E-state index in [0.29, 0.717) is 0 Å². The number of nitrogens with zero attached hydrogens (tertiary/aromatic N) is 1. The summed E-state index contributed by atoms with van der Waals surface area (Å²) in [7, 11) is 0. The predicted octanol–water partition coefficient (Wildman–Crippen LogP) is 0.715. The normalized spacial score (nSPS) is 28.0. The molecular weight excluding hydrogens is 198 g/mol. The van der Waals surface area contributed by atoms with E-state index < -0.39 is 23.7 Å². The van der Waals surface area contributed by atoms with Crippen molar-refractivity contribution in [1.82, 2.24) is 4.90 Å². The highest BCUT2D eigenvalue weighted by molar-refractivity contribution is 5.86. The maximum Gasteiger partial charge on any atom is 0.407 e. The van der Waals surface area contributed by atoms with Crippen LogP contribution in [0.3, 0.4) is 0 Å². The minimum Gasteiger partial charge on any atom is -0.465 e. The molecule has 0 aromatic rings. The molecule has 1 heterocycles. The van der Waals surface area contributed by atoms with Crippen LogP contribution >= 0.6 is 0 Å². The van der Waals surface area contributed by atoms with Crippen LogP contribution in [-0.4, -0.2) is 45.7 Å². The number of carbonyl (C=O) groups excluding carboxylic acids is 1. The molecular formula is C10H17NO4. The Labute approximate surface area is 88.7 Å². The first-order chi connectivity index (χ1) is 6.75. The van der Waals surface area contributed by atoms with Gasteiger partial charge in [-0.1, -0.05) is 20.8 Å². The molecule has 5 nitrogen and oxygen atoms in total. The summed E-state index contributed by atoms with van der Waals surface area (Å²) in [5.41, 5.74) is -0.451. The highest BCUT2D eigenvalue weighted by Gasteiger charge is 2.44. The SMILES string of the molecule is CC(C)(C)C1C(O)C(=O)CCN1C(=O)O. The average Bonchev–Trinajstić information content (AvgIpc) is 2.06. The number of piperidine rings is 1. The number of hydrogen-bond acceptors (Lipinski definition) is 3. The molecule has 2 N–H and O–H groups in total. The van der Waals surface area contributed by atoms with E-state index >= 15 is 0 Å². The number of aliphatic hydroxyl groups excluding tert-OH is 1. The first kappa shape index (κ1) is 12.0. The molecule has 0 bridgehead atoms. The fraction of sp³-hybridized carbons (Fsp3) is 0.800. The molecule has 0 aromatic heterocycles. The first-order valence-electron chi connectivity index (χ1n) is 4.95. The Hall–Kier alpha value is -1.10. The van der Waals surface area contributed by atoms with Crippen molar-refractivity contribution in [2.75, 3.05) is 6.54 Å². The number of likely N-dealkylation sites (tertiary alicyclic amines) is 1. The lowest BCUT2D eigenvalue weighted by Gasteiger charge is -2.43. The Kier molecular flexibility index (Phi) is 3.04. The van der Waals surface area contributed by atoms with Crippen molar-refractivity contribution in [3.05, 3.63) is 0 Å². The van der Waals surface area contributed by atoms with Gasteiger partial charge in [-0.25, -0.2) is 4.79 Å². The summed E-state index contributed by atoms with van der Waals surface area (Å²) in [6, 6.07) is -0.656. The van der Waals surface area contributed by atoms with Gasteiger partial charge in [-0.3, -0.25) is 4.79 Å². The maximum absolute atomic E-state index is 11.3. The van der Waals surface area contributed by atoms with Crippen LogP contribution in [0.25, 0.3) is 0 Å². The fourth-order valence-electron chi connectivity index (χ4n) is 2.02. The second-order valence-corrected chi connectivity index (χ2v) is 4.95. The Morgan fingerprint density at radius 1 is 1.47 bits per heavy atom. The third kappa shape index (κ3) is 2.28. The third-order valence-electron chi connectivity index (χ3n) is 2.70. The van der Waals surface area contributed by atoms with Crippen molar-refractivity contribution in [3.8, 4) is 0 Å². The summed E-state index contributed by atoms with van der Waals surface area (Å²) in [4.78, 5) is 23.5. The standard InChI is InChI=1S/C10H17NO4/c1-10(2,3)8-7(13)6(12)4-5-11(8)9(14)15/h7-8,13H,4-5H2,1-3H3,(H,14,15). The Bertz CT molecular complexity index is 282. The molecule has 2 atom stereocenters. The quantitative estimate of drug-likeness (QED) is 0.624. The van der Waals surface area contributed by atoms with Gasteiger partial charge < -0.3 is 15.1 Å². The number of carboxylic acid groups (broad SMARTS) is 1. The number of carbonyl (C=O) groups is 2. The number of Topliss-reactive ketones (excluding diaryl/α,β-unsaturated/α-hetero) is 1. The van der Waals surface area contributed by atoms with Crippen LogP contribution in [0.1, 0.15) is 27.2 Å². The van der Waals surface area contributed by atoms with Crippen LogP contribution in [0.15, 0.2) is 0 Å². The van der Waals surface area contributed by atoms with E-state index in [4.69, 9.17) is 5.11 Å². The predicted molar refractivity (Wildman–Crippen MR) is 53.6 cm³/mol. The van der Waals surface area contributed by atoms with Gasteiger partial charge >= 0.3 is 6.09 Å². The van der Waals surface area contributed by atoms with Crippen molar-refractivity contribution in [3.63, 3.8) is 0 Å². The molecule has 5 heteroatoms. The summed E-state index contributed by atoms with van der Waals surface area (Å²) < 4.78 is 0. The summed E-state index contributed by atoms with van der Waals surface area (Å²) in [5.74, 6) is -0.271. The van der Waals surface area contributed by atoms with E-state index in [1.54, 1.807) is 0 Å². The van der Waals surface area contributed by atoms with Crippen molar-refractivity contribution in [2.24, 2.45) is 5.41 Å². The number of ketones is 1. The second-order valence-electron chi connectivity index (χ2n) is 4.95. The van der Waals surface area contributed by atoms with Crippen LogP contribution in [-0.2, 0) is 4.79 Å². The van der Waals surface area contributed by atoms with Gasteiger partial charge in [0, 0.05) is 13.0 Å². The van der Waals surface area contributed by atoms with Gasteiger partial charge in [-0.05, 0) is 5.41 Å². The fourth-order valence-corrected chi connectivity index (χ4v) is 2.02. The number of aliphatic hydroxyl groups is 1. The van der Waals surface area contributed by atoms with Gasteiger partial charge in [0.2, 0.25) is 0 Å². The zero-order valence-electron chi connectivity index (χ0n) is 9.23. The van der Waals surface area contributed by atoms with Crippen LogP contribution in [0.5, 0.6) is 0 Å². The number of rotatable bonds is 0. The number of hydrogen-bond donors (Lipinski definition) is 2. The van der Waals surface area contributed by atoms with E-state index in [-0.39, 0.29) is 18.7 Å². The lowest BCUT2D eigenvalue weighted by molar-refractivity contribution is -0.138. The average molecular weight is 215 g/mol. The summed E-state index contributed by atoms with van der Waals surface area (Å²) >= 11 is 0. The largest absolute Gasteiger partial charge is 0.465 e. The molecule has 1 fully saturated rings. The zero-order valence-corrected chi connectivity index (χ0v) is 9.23. The lowest BCUT2D eigenvalue weighted by Crippen LogP contribution is -2.59. The molecule has 0 aliphatic carbocycles. The molecule has 1 aliphatic rings. The van der Waals surface area contributed by atoms with Crippen LogP contribution in [0, 0.1) is 5.41 Å². The van der Waals surface area contributed by atoms with E-state index in [1.165, 1.54) is 0 Å². The van der Waals surface area contributed by atoms with Crippen molar-refractivity contribution >= 4 is 11.9 Å². The van der Waals surface area contributed by atoms with Crippen molar-refractivity contribution < 1.29 is 19.8 Å². The molecule has 0 aromatic carbocycles. The van der Waals surface area contributed by atoms with E-state index in [2.05, 4.69) is 0 Å². The topological polar surface area (TPSA) is 77.8 Å². The molecule has 86 valence electrons. The van der Waals surface area contributed by atoms with E-state index in [9.17, 15) is 14.7 Å². The lowest BCUT2D eigenvalue weighted by atomic mass is 9.78. The van der Waals surface area contributed by atoms with Crippen molar-refractivity contribution in [1.29, 1.82) is 0 Å². The monoisotopic (exact) mass is 215 g/mol. The van der Waals surface area contributed by atoms with Gasteiger partial charge in [0.25, 0.3) is 0 Å². The van der Waals surface area contributed by atoms with Crippen LogP contribution < -0.4 is 0 Å². The Balaban J connectivity index is 3.00. The summed E-state index contributed by atoms with van der Waals surface area (Å²) in [6.07, 6.45) is -2.18. The molecule has 1 aliphatic heterocycles. The van der Waals surface area contributed by atoms with Crippen molar-refractivity contribution in [2.45, 2.75) is 39.3 Å². The van der Waals surface area contributed by atoms with E-state index in [0.717, 1.165) is 4.90 Å². The van der Waals surface area contributed by atoms with Crippen LogP contribution in [0.2, 0.25) is 0 Å². The van der Waals surface area contributed by atoms with Gasteiger partial charge in [0.05, 0.1) is 6.04 Å². The molecule has 1 saturated heterocycles. The highest BCUT2D eigenvalue weighted by atomic mass is 16.4. The smallest absolute Gasteiger partial charge is 0.407 e. The molecule has 1 amide bonds. The Morgan fingerprint density at radius 3 is 2.40 bits per heavy atom. The Morgan fingerprint density at radius 2 is 2.00 bits per heavy atom. The van der Waals surface area contributed by atoms with Gasteiger partial charge in [-0.2, -0.15) is 0 Å². The summed E-state index contributed by atoms with van der Waals surface area (Å²) in [6.45, 7) is 5.62. The van der Waals surface area contributed by atoms with Crippen LogP contribution in [0.4, 0.5) is 4.79 Å².